The average molecular weight is 312 g/mol. The van der Waals surface area contributed by atoms with E-state index in [1.165, 1.54) is 12.5 Å². The fraction of sp³-hybridized carbons (Fsp3) is 0.222. The predicted octanol–water partition coefficient (Wildman–Crippen LogP) is 1.30. The molecular weight excluding hydrogens is 294 g/mol. The van der Waals surface area contributed by atoms with Crippen molar-refractivity contribution in [2.45, 2.75) is 19.9 Å². The topological polar surface area (TPSA) is 78.5 Å². The van der Waals surface area contributed by atoms with Crippen molar-refractivity contribution in [3.05, 3.63) is 54.1 Å². The lowest BCUT2D eigenvalue weighted by molar-refractivity contribution is -0.307. The molecule has 0 radical (unpaired) electrons. The van der Waals surface area contributed by atoms with Crippen molar-refractivity contribution in [3.63, 3.8) is 0 Å². The van der Waals surface area contributed by atoms with Gasteiger partial charge >= 0.3 is 0 Å². The molecule has 23 heavy (non-hydrogen) atoms. The van der Waals surface area contributed by atoms with Gasteiger partial charge in [0.25, 0.3) is 5.91 Å². The molecule has 0 spiro atoms. The molecule has 2 aromatic rings. The molecule has 2 aromatic carbocycles. The molecule has 0 aliphatic heterocycles. The third kappa shape index (κ3) is 4.85. The molecule has 0 aliphatic carbocycles. The first-order valence-electron chi connectivity index (χ1n) is 7.26. The number of carbonyl (C=O) groups is 2. The summed E-state index contributed by atoms with van der Waals surface area (Å²) in [6.07, 6.45) is 0. The van der Waals surface area contributed by atoms with Crippen LogP contribution in [0.2, 0.25) is 0 Å². The third-order valence-corrected chi connectivity index (χ3v) is 3.34. The molecule has 0 heterocycles. The summed E-state index contributed by atoms with van der Waals surface area (Å²) in [6, 6.07) is 14.5. The normalized spacial score (nSPS) is 11.6. The van der Waals surface area contributed by atoms with Crippen LogP contribution >= 0.6 is 0 Å². The molecule has 0 aliphatic rings. The van der Waals surface area contributed by atoms with Gasteiger partial charge in [0.1, 0.15) is 5.75 Å². The fourth-order valence-corrected chi connectivity index (χ4v) is 1.98. The van der Waals surface area contributed by atoms with Crippen LogP contribution < -0.4 is 15.2 Å². The Morgan fingerprint density at radius 1 is 1.04 bits per heavy atom. The quantitative estimate of drug-likeness (QED) is 0.872. The molecule has 1 atom stereocenters. The number of carboxylic acids is 1. The zero-order valence-corrected chi connectivity index (χ0v) is 13.0. The van der Waals surface area contributed by atoms with Crippen LogP contribution in [0.1, 0.15) is 12.5 Å². The summed E-state index contributed by atoms with van der Waals surface area (Å²) in [5.74, 6) is -1.30. The van der Waals surface area contributed by atoms with Crippen molar-refractivity contribution in [1.82, 2.24) is 5.32 Å². The molecule has 0 saturated heterocycles. The standard InChI is InChI=1S/C18H19NO4/c1-12-3-5-14(6-4-12)15-7-9-16(10-8-15)23-11-17(20)19-13(2)18(21)22/h3-10,13H,11H2,1-2H3,(H,19,20)(H,21,22)/p-1/t13-/m1/s1. The lowest BCUT2D eigenvalue weighted by Crippen LogP contribution is -2.47. The van der Waals surface area contributed by atoms with Crippen LogP contribution in [-0.4, -0.2) is 24.5 Å². The van der Waals surface area contributed by atoms with Crippen LogP contribution in [0.25, 0.3) is 11.1 Å². The number of aryl methyl sites for hydroxylation is 1. The second-order valence-corrected chi connectivity index (χ2v) is 5.29. The summed E-state index contributed by atoms with van der Waals surface area (Å²) >= 11 is 0. The van der Waals surface area contributed by atoms with E-state index in [4.69, 9.17) is 4.74 Å². The van der Waals surface area contributed by atoms with Crippen LogP contribution in [0.4, 0.5) is 0 Å². The Balaban J connectivity index is 1.91. The highest BCUT2D eigenvalue weighted by Crippen LogP contribution is 2.22. The lowest BCUT2D eigenvalue weighted by atomic mass is 10.0. The second-order valence-electron chi connectivity index (χ2n) is 5.29. The maximum Gasteiger partial charge on any atom is 0.258 e. The molecule has 0 fully saturated rings. The molecule has 0 aromatic heterocycles. The molecule has 2 rings (SSSR count). The van der Waals surface area contributed by atoms with Crippen molar-refractivity contribution >= 4 is 11.9 Å². The molecule has 5 nitrogen and oxygen atoms in total. The van der Waals surface area contributed by atoms with Crippen LogP contribution in [0.5, 0.6) is 5.75 Å². The number of carboxylic acid groups (broad SMARTS) is 1. The Morgan fingerprint density at radius 3 is 2.09 bits per heavy atom. The summed E-state index contributed by atoms with van der Waals surface area (Å²) in [6.45, 7) is 3.12. The van der Waals surface area contributed by atoms with E-state index >= 15 is 0 Å². The SMILES string of the molecule is Cc1ccc(-c2ccc(OCC(=O)N[C@H](C)C(=O)[O-])cc2)cc1. The van der Waals surface area contributed by atoms with Gasteiger partial charge in [-0.2, -0.15) is 0 Å². The molecule has 120 valence electrons. The summed E-state index contributed by atoms with van der Waals surface area (Å²) in [7, 11) is 0. The Morgan fingerprint density at radius 2 is 1.57 bits per heavy atom. The van der Waals surface area contributed by atoms with Gasteiger partial charge in [-0.05, 0) is 37.1 Å². The summed E-state index contributed by atoms with van der Waals surface area (Å²) in [4.78, 5) is 22.1. The number of rotatable bonds is 6. The fourth-order valence-electron chi connectivity index (χ4n) is 1.98. The number of amides is 1. The van der Waals surface area contributed by atoms with Gasteiger partial charge in [0.15, 0.2) is 6.61 Å². The summed E-state index contributed by atoms with van der Waals surface area (Å²) < 4.78 is 5.33. The monoisotopic (exact) mass is 312 g/mol. The van der Waals surface area contributed by atoms with Gasteiger partial charge in [-0.3, -0.25) is 4.79 Å². The Bertz CT molecular complexity index is 677. The zero-order valence-electron chi connectivity index (χ0n) is 13.0. The van der Waals surface area contributed by atoms with Gasteiger partial charge in [0.2, 0.25) is 0 Å². The number of aliphatic carboxylic acids is 1. The first kappa shape index (κ1) is 16.5. The van der Waals surface area contributed by atoms with E-state index in [0.29, 0.717) is 5.75 Å². The number of nitrogens with one attached hydrogen (secondary N) is 1. The highest BCUT2D eigenvalue weighted by molar-refractivity contribution is 5.83. The third-order valence-electron chi connectivity index (χ3n) is 3.34. The van der Waals surface area contributed by atoms with Gasteiger partial charge in [0.05, 0.1) is 12.0 Å². The van der Waals surface area contributed by atoms with Gasteiger partial charge < -0.3 is 20.0 Å². The van der Waals surface area contributed by atoms with Crippen molar-refractivity contribution in [2.24, 2.45) is 0 Å². The number of carbonyl (C=O) groups excluding carboxylic acids is 2. The molecule has 0 unspecified atom stereocenters. The molecule has 1 amide bonds. The minimum absolute atomic E-state index is 0.249. The van der Waals surface area contributed by atoms with Gasteiger partial charge in [-0.1, -0.05) is 42.0 Å². The Hall–Kier alpha value is -2.82. The summed E-state index contributed by atoms with van der Waals surface area (Å²) in [5, 5.41) is 12.8. The van der Waals surface area contributed by atoms with E-state index in [0.717, 1.165) is 11.1 Å². The minimum Gasteiger partial charge on any atom is -0.548 e. The first-order valence-corrected chi connectivity index (χ1v) is 7.26. The summed E-state index contributed by atoms with van der Waals surface area (Å²) in [5.41, 5.74) is 3.35. The van der Waals surface area contributed by atoms with Crippen molar-refractivity contribution in [3.8, 4) is 16.9 Å². The van der Waals surface area contributed by atoms with E-state index in [2.05, 4.69) is 5.32 Å². The zero-order chi connectivity index (χ0) is 16.8. The maximum atomic E-state index is 11.5. The number of ether oxygens (including phenoxy) is 1. The number of benzene rings is 2. The van der Waals surface area contributed by atoms with Gasteiger partial charge in [-0.25, -0.2) is 0 Å². The molecule has 0 bridgehead atoms. The number of hydrogen-bond donors (Lipinski definition) is 1. The average Bonchev–Trinajstić information content (AvgIpc) is 2.54. The first-order chi connectivity index (χ1) is 11.0. The highest BCUT2D eigenvalue weighted by Gasteiger charge is 2.08. The van der Waals surface area contributed by atoms with Crippen molar-refractivity contribution in [2.75, 3.05) is 6.61 Å². The van der Waals surface area contributed by atoms with Crippen LogP contribution in [-0.2, 0) is 9.59 Å². The van der Waals surface area contributed by atoms with E-state index in [1.54, 1.807) is 12.1 Å². The van der Waals surface area contributed by atoms with E-state index < -0.39 is 17.9 Å². The van der Waals surface area contributed by atoms with Crippen molar-refractivity contribution < 1.29 is 19.4 Å². The minimum atomic E-state index is -1.33. The Labute approximate surface area is 134 Å². The van der Waals surface area contributed by atoms with Gasteiger partial charge in [0, 0.05) is 0 Å². The van der Waals surface area contributed by atoms with Crippen LogP contribution in [0, 0.1) is 6.92 Å². The predicted molar refractivity (Wildman–Crippen MR) is 84.7 cm³/mol. The van der Waals surface area contributed by atoms with Crippen molar-refractivity contribution in [1.29, 1.82) is 0 Å². The van der Waals surface area contributed by atoms with Crippen LogP contribution in [0.15, 0.2) is 48.5 Å². The lowest BCUT2D eigenvalue weighted by Gasteiger charge is -2.14. The molecule has 5 heteroatoms. The largest absolute Gasteiger partial charge is 0.548 e. The second kappa shape index (κ2) is 7.45. The van der Waals surface area contributed by atoms with E-state index in [9.17, 15) is 14.7 Å². The van der Waals surface area contributed by atoms with Crippen LogP contribution in [0.3, 0.4) is 0 Å². The smallest absolute Gasteiger partial charge is 0.258 e. The highest BCUT2D eigenvalue weighted by atomic mass is 16.5. The van der Waals surface area contributed by atoms with E-state index in [-0.39, 0.29) is 6.61 Å². The molecular formula is C18H18NO4-. The molecule has 0 saturated carbocycles. The van der Waals surface area contributed by atoms with Gasteiger partial charge in [-0.15, -0.1) is 0 Å². The number of hydrogen-bond acceptors (Lipinski definition) is 4. The Kier molecular flexibility index (Phi) is 5.36. The maximum absolute atomic E-state index is 11.5. The molecule has 1 N–H and O–H groups in total. The van der Waals surface area contributed by atoms with E-state index in [1.807, 2.05) is 43.3 Å².